The molecule has 34 heavy (non-hydrogen) atoms. The van der Waals surface area contributed by atoms with Crippen LogP contribution in [0.4, 0.5) is 5.69 Å². The first-order valence-corrected chi connectivity index (χ1v) is 11.7. The molecule has 2 aromatic carbocycles. The number of likely N-dealkylation sites (tertiary alicyclic amines) is 1. The molecule has 178 valence electrons. The van der Waals surface area contributed by atoms with Crippen LogP contribution in [0.1, 0.15) is 29.8 Å². The number of aryl methyl sites for hydroxylation is 2. The van der Waals surface area contributed by atoms with Crippen molar-refractivity contribution in [2.24, 2.45) is 0 Å². The number of hydrogen-bond acceptors (Lipinski definition) is 6. The Morgan fingerprint density at radius 3 is 2.56 bits per heavy atom. The average Bonchev–Trinajstić information content (AvgIpc) is 3.34. The monoisotopic (exact) mass is 460 g/mol. The predicted octanol–water partition coefficient (Wildman–Crippen LogP) is 4.42. The minimum absolute atomic E-state index is 0.0975. The summed E-state index contributed by atoms with van der Waals surface area (Å²) in [4.78, 5) is 24.0. The van der Waals surface area contributed by atoms with Crippen LogP contribution >= 0.6 is 0 Å². The molecule has 1 aliphatic heterocycles. The van der Waals surface area contributed by atoms with E-state index in [9.17, 15) is 4.79 Å². The molecule has 0 unspecified atom stereocenters. The molecule has 0 saturated carbocycles. The second kappa shape index (κ2) is 11.1. The number of aromatic nitrogens is 2. The molecule has 1 saturated heterocycles. The number of rotatable bonds is 9. The van der Waals surface area contributed by atoms with Crippen LogP contribution in [-0.4, -0.2) is 54.1 Å². The lowest BCUT2D eigenvalue weighted by Gasteiger charge is -2.18. The fourth-order valence-electron chi connectivity index (χ4n) is 4.38. The number of methoxy groups -OCH3 is 1. The van der Waals surface area contributed by atoms with Crippen molar-refractivity contribution >= 4 is 11.6 Å². The highest BCUT2D eigenvalue weighted by molar-refractivity contribution is 5.93. The SMILES string of the molecule is COc1cccc(CC(=O)Nc2ccc(OCCN3CCCC3)c(-c3c(C)ncnc3C)c2)c1. The van der Waals surface area contributed by atoms with Gasteiger partial charge in [0.05, 0.1) is 13.5 Å². The quantitative estimate of drug-likeness (QED) is 0.509. The maximum absolute atomic E-state index is 12.8. The molecule has 0 atom stereocenters. The Hall–Kier alpha value is -3.45. The normalized spacial score (nSPS) is 13.6. The molecule has 4 rings (SSSR count). The van der Waals surface area contributed by atoms with E-state index in [1.54, 1.807) is 13.4 Å². The Balaban J connectivity index is 1.54. The van der Waals surface area contributed by atoms with Gasteiger partial charge < -0.3 is 14.8 Å². The molecule has 1 fully saturated rings. The molecule has 1 aromatic heterocycles. The number of ether oxygens (including phenoxy) is 2. The highest BCUT2D eigenvalue weighted by Gasteiger charge is 2.17. The maximum atomic E-state index is 12.8. The Bertz CT molecular complexity index is 1120. The molecule has 7 heteroatoms. The predicted molar refractivity (Wildman–Crippen MR) is 133 cm³/mol. The topological polar surface area (TPSA) is 76.6 Å². The van der Waals surface area contributed by atoms with E-state index in [-0.39, 0.29) is 12.3 Å². The van der Waals surface area contributed by atoms with Gasteiger partial charge in [0, 0.05) is 34.7 Å². The van der Waals surface area contributed by atoms with Crippen molar-refractivity contribution in [2.45, 2.75) is 33.1 Å². The van der Waals surface area contributed by atoms with E-state index in [2.05, 4.69) is 20.2 Å². The third-order valence-corrected chi connectivity index (χ3v) is 6.12. The second-order valence-corrected chi connectivity index (χ2v) is 8.60. The smallest absolute Gasteiger partial charge is 0.228 e. The first-order chi connectivity index (χ1) is 16.5. The highest BCUT2D eigenvalue weighted by atomic mass is 16.5. The summed E-state index contributed by atoms with van der Waals surface area (Å²) in [6.07, 6.45) is 4.35. The van der Waals surface area contributed by atoms with E-state index < -0.39 is 0 Å². The van der Waals surface area contributed by atoms with Crippen LogP contribution in [0, 0.1) is 13.8 Å². The van der Waals surface area contributed by atoms with E-state index in [0.29, 0.717) is 12.3 Å². The second-order valence-electron chi connectivity index (χ2n) is 8.60. The van der Waals surface area contributed by atoms with Gasteiger partial charge in [-0.15, -0.1) is 0 Å². The zero-order valence-electron chi connectivity index (χ0n) is 20.1. The van der Waals surface area contributed by atoms with E-state index in [4.69, 9.17) is 9.47 Å². The standard InChI is InChI=1S/C27H32N4O3/c1-19-27(20(2)29-18-28-19)24-17-22(9-10-25(24)34-14-13-31-11-4-5-12-31)30-26(32)16-21-7-6-8-23(15-21)33-3/h6-10,15,17-18H,4-5,11-14,16H2,1-3H3,(H,30,32). The molecule has 0 aliphatic carbocycles. The van der Waals surface area contributed by atoms with Gasteiger partial charge in [0.15, 0.2) is 0 Å². The van der Waals surface area contributed by atoms with Crippen LogP contribution in [0.15, 0.2) is 48.8 Å². The van der Waals surface area contributed by atoms with Crippen LogP contribution in [0.25, 0.3) is 11.1 Å². The van der Waals surface area contributed by atoms with Crippen LogP contribution in [0.2, 0.25) is 0 Å². The minimum Gasteiger partial charge on any atom is -0.497 e. The van der Waals surface area contributed by atoms with E-state index >= 15 is 0 Å². The Labute approximate surface area is 201 Å². The molecule has 1 aliphatic rings. The summed E-state index contributed by atoms with van der Waals surface area (Å²) >= 11 is 0. The third kappa shape index (κ3) is 5.91. The van der Waals surface area contributed by atoms with E-state index in [1.165, 1.54) is 12.8 Å². The minimum atomic E-state index is -0.0975. The van der Waals surface area contributed by atoms with Gasteiger partial charge in [-0.05, 0) is 75.7 Å². The molecule has 1 amide bonds. The van der Waals surface area contributed by atoms with Crippen LogP contribution in [0.3, 0.4) is 0 Å². The zero-order chi connectivity index (χ0) is 23.9. The number of carbonyl (C=O) groups excluding carboxylic acids is 1. The van der Waals surface area contributed by atoms with Crippen molar-refractivity contribution in [3.8, 4) is 22.6 Å². The number of nitrogens with zero attached hydrogens (tertiary/aromatic N) is 3. The van der Waals surface area contributed by atoms with Crippen LogP contribution < -0.4 is 14.8 Å². The number of nitrogens with one attached hydrogen (secondary N) is 1. The van der Waals surface area contributed by atoms with Crippen LogP contribution in [0.5, 0.6) is 11.5 Å². The number of carbonyl (C=O) groups is 1. The fourth-order valence-corrected chi connectivity index (χ4v) is 4.38. The largest absolute Gasteiger partial charge is 0.497 e. The summed E-state index contributed by atoms with van der Waals surface area (Å²) < 4.78 is 11.5. The molecule has 0 bridgehead atoms. The van der Waals surface area contributed by atoms with Gasteiger partial charge in [0.1, 0.15) is 24.4 Å². The van der Waals surface area contributed by atoms with Gasteiger partial charge in [-0.25, -0.2) is 9.97 Å². The first-order valence-electron chi connectivity index (χ1n) is 11.7. The molecule has 2 heterocycles. The summed E-state index contributed by atoms with van der Waals surface area (Å²) in [6, 6.07) is 13.3. The molecular weight excluding hydrogens is 428 g/mol. The van der Waals surface area contributed by atoms with Crippen LogP contribution in [-0.2, 0) is 11.2 Å². The highest BCUT2D eigenvalue weighted by Crippen LogP contribution is 2.35. The summed E-state index contributed by atoms with van der Waals surface area (Å²) in [5.41, 5.74) is 5.16. The lowest BCUT2D eigenvalue weighted by atomic mass is 10.0. The average molecular weight is 461 g/mol. The fraction of sp³-hybridized carbons (Fsp3) is 0.370. The van der Waals surface area contributed by atoms with Crippen molar-refractivity contribution in [2.75, 3.05) is 38.7 Å². The molecule has 1 N–H and O–H groups in total. The van der Waals surface area contributed by atoms with Gasteiger partial charge in [-0.2, -0.15) is 0 Å². The van der Waals surface area contributed by atoms with E-state index in [1.807, 2.05) is 56.3 Å². The summed E-state index contributed by atoms with van der Waals surface area (Å²) in [5.74, 6) is 1.41. The third-order valence-electron chi connectivity index (χ3n) is 6.12. The maximum Gasteiger partial charge on any atom is 0.228 e. The first kappa shape index (κ1) is 23.7. The number of amides is 1. The number of anilines is 1. The Kier molecular flexibility index (Phi) is 7.75. The Morgan fingerprint density at radius 2 is 1.82 bits per heavy atom. The van der Waals surface area contributed by atoms with Gasteiger partial charge >= 0.3 is 0 Å². The lowest BCUT2D eigenvalue weighted by Crippen LogP contribution is -2.25. The molecule has 7 nitrogen and oxygen atoms in total. The molecular formula is C27H32N4O3. The van der Waals surface area contributed by atoms with Crippen molar-refractivity contribution in [3.05, 3.63) is 65.7 Å². The van der Waals surface area contributed by atoms with Crippen molar-refractivity contribution in [3.63, 3.8) is 0 Å². The summed E-state index contributed by atoms with van der Waals surface area (Å²) in [5, 5.41) is 3.02. The lowest BCUT2D eigenvalue weighted by molar-refractivity contribution is -0.115. The zero-order valence-corrected chi connectivity index (χ0v) is 20.1. The van der Waals surface area contributed by atoms with Crippen molar-refractivity contribution in [1.82, 2.24) is 14.9 Å². The van der Waals surface area contributed by atoms with Gasteiger partial charge in [0.25, 0.3) is 0 Å². The van der Waals surface area contributed by atoms with E-state index in [0.717, 1.165) is 59.2 Å². The Morgan fingerprint density at radius 1 is 1.06 bits per heavy atom. The molecule has 0 spiro atoms. The van der Waals surface area contributed by atoms with Gasteiger partial charge in [-0.3, -0.25) is 9.69 Å². The van der Waals surface area contributed by atoms with Gasteiger partial charge in [-0.1, -0.05) is 12.1 Å². The molecule has 0 radical (unpaired) electrons. The van der Waals surface area contributed by atoms with Gasteiger partial charge in [0.2, 0.25) is 5.91 Å². The van der Waals surface area contributed by atoms with Crippen molar-refractivity contribution < 1.29 is 14.3 Å². The number of benzene rings is 2. The summed E-state index contributed by atoms with van der Waals surface area (Å²) in [6.45, 7) is 7.72. The number of hydrogen-bond donors (Lipinski definition) is 1. The summed E-state index contributed by atoms with van der Waals surface area (Å²) in [7, 11) is 1.62. The molecule has 3 aromatic rings. The van der Waals surface area contributed by atoms with Crippen molar-refractivity contribution in [1.29, 1.82) is 0 Å².